The highest BCUT2D eigenvalue weighted by Gasteiger charge is 2.32. The maximum absolute atomic E-state index is 13.9. The van der Waals surface area contributed by atoms with Gasteiger partial charge in [0.25, 0.3) is 5.91 Å². The summed E-state index contributed by atoms with van der Waals surface area (Å²) in [5.41, 5.74) is 2.15. The van der Waals surface area contributed by atoms with E-state index in [1.54, 1.807) is 28.0 Å². The van der Waals surface area contributed by atoms with Crippen molar-refractivity contribution in [3.63, 3.8) is 0 Å². The first-order chi connectivity index (χ1) is 17.7. The van der Waals surface area contributed by atoms with Gasteiger partial charge >= 0.3 is 6.09 Å². The molecule has 0 spiro atoms. The van der Waals surface area contributed by atoms with E-state index in [1.165, 1.54) is 12.1 Å². The molecule has 0 aromatic heterocycles. The highest BCUT2D eigenvalue weighted by Crippen LogP contribution is 2.44. The molecule has 0 unspecified atom stereocenters. The minimum Gasteiger partial charge on any atom is -0.452 e. The lowest BCUT2D eigenvalue weighted by Gasteiger charge is -2.37. The largest absolute Gasteiger partial charge is 0.452 e. The number of fused-ring (bicyclic) bond motifs is 2. The maximum atomic E-state index is 13.9. The van der Waals surface area contributed by atoms with Gasteiger partial charge in [0.15, 0.2) is 11.5 Å². The summed E-state index contributed by atoms with van der Waals surface area (Å²) < 4.78 is 25.4. The molecule has 192 valence electrons. The summed E-state index contributed by atoms with van der Waals surface area (Å²) in [6.07, 6.45) is -0.323. The van der Waals surface area contributed by atoms with Crippen LogP contribution in [0.4, 0.5) is 20.6 Å². The van der Waals surface area contributed by atoms with E-state index in [0.29, 0.717) is 48.9 Å². The molecule has 1 saturated heterocycles. The lowest BCUT2D eigenvalue weighted by Crippen LogP contribution is -2.50. The van der Waals surface area contributed by atoms with E-state index < -0.39 is 5.60 Å². The number of para-hydroxylation sites is 3. The van der Waals surface area contributed by atoms with Gasteiger partial charge < -0.3 is 24.2 Å². The zero-order valence-electron chi connectivity index (χ0n) is 21.2. The van der Waals surface area contributed by atoms with Gasteiger partial charge in [-0.05, 0) is 62.7 Å². The number of piperazine rings is 1. The Kier molecular flexibility index (Phi) is 6.50. The number of carbonyl (C=O) groups excluding carboxylic acids is 2. The summed E-state index contributed by atoms with van der Waals surface area (Å²) in [6, 6.07) is 19.1. The van der Waals surface area contributed by atoms with Gasteiger partial charge in [-0.15, -0.1) is 0 Å². The molecule has 0 bridgehead atoms. The maximum Gasteiger partial charge on any atom is 0.410 e. The fraction of sp³-hybridized carbons (Fsp3) is 0.310. The Balaban J connectivity index is 1.43. The number of benzene rings is 3. The molecule has 2 aliphatic heterocycles. The van der Waals surface area contributed by atoms with Crippen LogP contribution in [0.25, 0.3) is 0 Å². The van der Waals surface area contributed by atoms with Gasteiger partial charge in [0.1, 0.15) is 11.4 Å². The number of anilines is 2. The molecule has 2 heterocycles. The van der Waals surface area contributed by atoms with E-state index in [1.807, 2.05) is 57.2 Å². The average molecular weight is 504 g/mol. The summed E-state index contributed by atoms with van der Waals surface area (Å²) in [5.74, 6) is 0.541. The first-order valence-corrected chi connectivity index (χ1v) is 12.4. The predicted molar refractivity (Wildman–Crippen MR) is 140 cm³/mol. The molecule has 37 heavy (non-hydrogen) atoms. The van der Waals surface area contributed by atoms with Crippen LogP contribution in [0, 0.1) is 5.82 Å². The molecular weight excluding hydrogens is 473 g/mol. The topological polar surface area (TPSA) is 62.3 Å². The van der Waals surface area contributed by atoms with Gasteiger partial charge in [-0.3, -0.25) is 4.79 Å². The van der Waals surface area contributed by atoms with E-state index in [4.69, 9.17) is 9.47 Å². The van der Waals surface area contributed by atoms with Crippen LogP contribution in [0.15, 0.2) is 66.7 Å². The molecule has 0 radical (unpaired) electrons. The molecule has 0 saturated carbocycles. The molecule has 2 amide bonds. The SMILES string of the molecule is CC(C)(C)OC(=O)N1CCN(c2cccc3c2Oc2ccccc2N(Cc2ccc(F)cc2)C3=O)CC1. The monoisotopic (exact) mass is 503 g/mol. The second-order valence-electron chi connectivity index (χ2n) is 10.2. The van der Waals surface area contributed by atoms with Crippen molar-refractivity contribution in [3.05, 3.63) is 83.7 Å². The molecule has 8 heteroatoms. The molecule has 5 rings (SSSR count). The van der Waals surface area contributed by atoms with Crippen LogP contribution in [0.5, 0.6) is 11.5 Å². The lowest BCUT2D eigenvalue weighted by molar-refractivity contribution is 0.0240. The van der Waals surface area contributed by atoms with Gasteiger partial charge in [-0.25, -0.2) is 9.18 Å². The number of halogens is 1. The molecule has 0 atom stereocenters. The van der Waals surface area contributed by atoms with Crippen LogP contribution in [0.1, 0.15) is 36.7 Å². The third kappa shape index (κ3) is 5.23. The normalized spacial score (nSPS) is 15.5. The van der Waals surface area contributed by atoms with E-state index in [-0.39, 0.29) is 24.4 Å². The van der Waals surface area contributed by atoms with Crippen LogP contribution in [0.2, 0.25) is 0 Å². The first-order valence-electron chi connectivity index (χ1n) is 12.4. The van der Waals surface area contributed by atoms with Crippen molar-refractivity contribution in [1.82, 2.24) is 4.90 Å². The molecule has 1 fully saturated rings. The minimum absolute atomic E-state index is 0.196. The van der Waals surface area contributed by atoms with Crippen LogP contribution < -0.4 is 14.5 Å². The van der Waals surface area contributed by atoms with Gasteiger partial charge in [0.2, 0.25) is 0 Å². The van der Waals surface area contributed by atoms with Crippen molar-refractivity contribution in [2.24, 2.45) is 0 Å². The zero-order valence-corrected chi connectivity index (χ0v) is 21.2. The third-order valence-electron chi connectivity index (χ3n) is 6.36. The second kappa shape index (κ2) is 9.76. The highest BCUT2D eigenvalue weighted by molar-refractivity contribution is 6.10. The smallest absolute Gasteiger partial charge is 0.410 e. The van der Waals surface area contributed by atoms with E-state index in [9.17, 15) is 14.0 Å². The molecule has 3 aromatic carbocycles. The number of rotatable bonds is 3. The lowest BCUT2D eigenvalue weighted by atomic mass is 10.1. The number of amides is 2. The van der Waals surface area contributed by atoms with Crippen LogP contribution in [-0.2, 0) is 11.3 Å². The fourth-order valence-corrected chi connectivity index (χ4v) is 4.57. The number of hydrogen-bond acceptors (Lipinski definition) is 5. The quantitative estimate of drug-likeness (QED) is 0.450. The van der Waals surface area contributed by atoms with Gasteiger partial charge in [0.05, 0.1) is 23.5 Å². The standard InChI is InChI=1S/C29H30FN3O4/c1-29(2,3)37-28(35)32-17-15-31(16-18-32)24-9-6-7-22-26(24)36-25-10-5-4-8-23(25)33(27(22)34)19-20-11-13-21(30)14-12-20/h4-14H,15-19H2,1-3H3. The number of hydrogen-bond donors (Lipinski definition) is 0. The summed E-state index contributed by atoms with van der Waals surface area (Å²) in [5, 5.41) is 0. The Morgan fingerprint density at radius 3 is 2.30 bits per heavy atom. The van der Waals surface area contributed by atoms with Crippen LogP contribution in [0.3, 0.4) is 0 Å². The van der Waals surface area contributed by atoms with Crippen molar-refractivity contribution in [2.75, 3.05) is 36.0 Å². The van der Waals surface area contributed by atoms with Crippen LogP contribution in [-0.4, -0.2) is 48.7 Å². The number of carbonyl (C=O) groups is 2. The van der Waals surface area contributed by atoms with Crippen molar-refractivity contribution in [1.29, 1.82) is 0 Å². The van der Waals surface area contributed by atoms with Crippen molar-refractivity contribution < 1.29 is 23.5 Å². The highest BCUT2D eigenvalue weighted by atomic mass is 19.1. The van der Waals surface area contributed by atoms with Crippen molar-refractivity contribution in [2.45, 2.75) is 32.9 Å². The Labute approximate surface area is 216 Å². The number of ether oxygens (including phenoxy) is 2. The Morgan fingerprint density at radius 2 is 1.59 bits per heavy atom. The molecule has 0 aliphatic carbocycles. The molecule has 3 aromatic rings. The molecule has 0 N–H and O–H groups in total. The van der Waals surface area contributed by atoms with E-state index in [0.717, 1.165) is 11.3 Å². The fourth-order valence-electron chi connectivity index (χ4n) is 4.57. The zero-order chi connectivity index (χ0) is 26.2. The molecular formula is C29H30FN3O4. The van der Waals surface area contributed by atoms with E-state index in [2.05, 4.69) is 4.90 Å². The van der Waals surface area contributed by atoms with Gasteiger partial charge in [0, 0.05) is 26.2 Å². The second-order valence-corrected chi connectivity index (χ2v) is 10.2. The number of nitrogens with zero attached hydrogens (tertiary/aromatic N) is 3. The molecule has 2 aliphatic rings. The van der Waals surface area contributed by atoms with Gasteiger partial charge in [-0.2, -0.15) is 0 Å². The predicted octanol–water partition coefficient (Wildman–Crippen LogP) is 5.84. The Morgan fingerprint density at radius 1 is 0.919 bits per heavy atom. The van der Waals surface area contributed by atoms with Crippen molar-refractivity contribution >= 4 is 23.4 Å². The minimum atomic E-state index is -0.549. The summed E-state index contributed by atoms with van der Waals surface area (Å²) in [6.45, 7) is 7.99. The van der Waals surface area contributed by atoms with E-state index >= 15 is 0 Å². The average Bonchev–Trinajstić information content (AvgIpc) is 2.99. The Bertz CT molecular complexity index is 1310. The van der Waals surface area contributed by atoms with Crippen LogP contribution >= 0.6 is 0 Å². The summed E-state index contributed by atoms with van der Waals surface area (Å²) in [4.78, 5) is 31.9. The summed E-state index contributed by atoms with van der Waals surface area (Å²) >= 11 is 0. The first kappa shape index (κ1) is 24.6. The Hall–Kier alpha value is -4.07. The van der Waals surface area contributed by atoms with Gasteiger partial charge in [-0.1, -0.05) is 30.3 Å². The third-order valence-corrected chi connectivity index (χ3v) is 6.36. The molecule has 7 nitrogen and oxygen atoms in total. The van der Waals surface area contributed by atoms with Crippen molar-refractivity contribution in [3.8, 4) is 11.5 Å². The summed E-state index contributed by atoms with van der Waals surface area (Å²) in [7, 11) is 0.